The lowest BCUT2D eigenvalue weighted by molar-refractivity contribution is 0.0170. The smallest absolute Gasteiger partial charge is 0.191 e. The molecule has 6 heteroatoms. The van der Waals surface area contributed by atoms with E-state index in [0.29, 0.717) is 12.1 Å². The van der Waals surface area contributed by atoms with Crippen LogP contribution in [-0.2, 0) is 4.74 Å². The summed E-state index contributed by atoms with van der Waals surface area (Å²) in [6, 6.07) is 9.59. The van der Waals surface area contributed by atoms with Crippen LogP contribution >= 0.6 is 24.0 Å². The van der Waals surface area contributed by atoms with Crippen molar-refractivity contribution in [2.24, 2.45) is 4.99 Å². The topological polar surface area (TPSA) is 48.9 Å². The number of benzene rings is 1. The normalized spacial score (nSPS) is 18.2. The fourth-order valence-electron chi connectivity index (χ4n) is 2.86. The van der Waals surface area contributed by atoms with Crippen LogP contribution in [0.5, 0.6) is 0 Å². The summed E-state index contributed by atoms with van der Waals surface area (Å²) in [5, 5.41) is 6.93. The molecule has 0 spiro atoms. The third-order valence-corrected chi connectivity index (χ3v) is 4.63. The van der Waals surface area contributed by atoms with Gasteiger partial charge < -0.3 is 15.4 Å². The van der Waals surface area contributed by atoms with Gasteiger partial charge in [-0.05, 0) is 25.8 Å². The van der Waals surface area contributed by atoms with Crippen molar-refractivity contribution in [3.8, 4) is 0 Å². The lowest BCUT2D eigenvalue weighted by Gasteiger charge is -2.35. The van der Waals surface area contributed by atoms with Crippen LogP contribution in [0.1, 0.15) is 37.4 Å². The molecule has 1 aromatic rings. The van der Waals surface area contributed by atoms with Gasteiger partial charge >= 0.3 is 0 Å². The lowest BCUT2D eigenvalue weighted by atomic mass is 10.0. The summed E-state index contributed by atoms with van der Waals surface area (Å²) in [6.07, 6.45) is 1.07. The van der Waals surface area contributed by atoms with E-state index in [1.165, 1.54) is 11.1 Å². The van der Waals surface area contributed by atoms with Gasteiger partial charge in [-0.1, -0.05) is 36.8 Å². The molecule has 0 radical (unpaired) electrons. The Balaban J connectivity index is 0.00000312. The van der Waals surface area contributed by atoms with Crippen molar-refractivity contribution in [2.75, 3.05) is 39.9 Å². The third kappa shape index (κ3) is 7.11. The minimum atomic E-state index is 0. The molecule has 1 saturated heterocycles. The molecule has 1 aliphatic heterocycles. The second-order valence-electron chi connectivity index (χ2n) is 6.48. The molecule has 0 aliphatic carbocycles. The number of guanidine groups is 1. The van der Waals surface area contributed by atoms with Crippen LogP contribution < -0.4 is 10.6 Å². The molecule has 2 rings (SSSR count). The first-order valence-electron chi connectivity index (χ1n) is 8.99. The van der Waals surface area contributed by atoms with Gasteiger partial charge in [-0.3, -0.25) is 9.89 Å². The van der Waals surface area contributed by atoms with Gasteiger partial charge in [0.1, 0.15) is 0 Å². The number of aryl methyl sites for hydroxylation is 1. The predicted molar refractivity (Wildman–Crippen MR) is 116 cm³/mol. The second kappa shape index (κ2) is 11.7. The molecule has 2 unspecified atom stereocenters. The van der Waals surface area contributed by atoms with Gasteiger partial charge in [0.15, 0.2) is 5.96 Å². The molecule has 1 aromatic carbocycles. The van der Waals surface area contributed by atoms with Crippen molar-refractivity contribution in [3.63, 3.8) is 0 Å². The van der Waals surface area contributed by atoms with Gasteiger partial charge in [0.25, 0.3) is 0 Å². The molecule has 25 heavy (non-hydrogen) atoms. The summed E-state index contributed by atoms with van der Waals surface area (Å²) in [5.74, 6) is 0.870. The first-order valence-corrected chi connectivity index (χ1v) is 8.99. The number of rotatable bonds is 6. The maximum absolute atomic E-state index is 5.52. The molecule has 2 N–H and O–H groups in total. The summed E-state index contributed by atoms with van der Waals surface area (Å²) in [4.78, 5) is 6.85. The molecule has 1 fully saturated rings. The van der Waals surface area contributed by atoms with E-state index in [0.717, 1.165) is 45.2 Å². The highest BCUT2D eigenvalue weighted by Crippen LogP contribution is 2.21. The number of ether oxygens (including phenoxy) is 1. The molecule has 1 heterocycles. The quantitative estimate of drug-likeness (QED) is 0.390. The van der Waals surface area contributed by atoms with Crippen molar-refractivity contribution in [1.82, 2.24) is 15.5 Å². The number of hydrogen-bond acceptors (Lipinski definition) is 3. The number of hydrogen-bond donors (Lipinski definition) is 2. The Kier molecular flexibility index (Phi) is 10.4. The van der Waals surface area contributed by atoms with Crippen LogP contribution in [-0.4, -0.2) is 56.8 Å². The molecule has 1 aliphatic rings. The van der Waals surface area contributed by atoms with E-state index in [2.05, 4.69) is 65.6 Å². The predicted octanol–water partition coefficient (Wildman–Crippen LogP) is 2.95. The Bertz CT molecular complexity index is 515. The molecule has 0 saturated carbocycles. The van der Waals surface area contributed by atoms with E-state index in [1.807, 2.05) is 7.05 Å². The highest BCUT2D eigenvalue weighted by molar-refractivity contribution is 14.0. The van der Waals surface area contributed by atoms with Crippen molar-refractivity contribution in [1.29, 1.82) is 0 Å². The minimum absolute atomic E-state index is 0. The zero-order valence-corrected chi connectivity index (χ0v) is 18.2. The Morgan fingerprint density at radius 3 is 2.44 bits per heavy atom. The number of halogens is 1. The van der Waals surface area contributed by atoms with Crippen LogP contribution in [0.4, 0.5) is 0 Å². The molecular weight excluding hydrogens is 427 g/mol. The highest BCUT2D eigenvalue weighted by Gasteiger charge is 2.23. The summed E-state index contributed by atoms with van der Waals surface area (Å²) in [6.45, 7) is 10.9. The van der Waals surface area contributed by atoms with E-state index >= 15 is 0 Å². The molecular formula is C19H33IN4O. The van der Waals surface area contributed by atoms with Gasteiger partial charge in [0.05, 0.1) is 19.3 Å². The Hall–Kier alpha value is -0.860. The number of nitrogens with zero attached hydrogens (tertiary/aromatic N) is 2. The number of nitrogens with one attached hydrogen (secondary N) is 2. The zero-order chi connectivity index (χ0) is 17.4. The third-order valence-electron chi connectivity index (χ3n) is 4.63. The van der Waals surface area contributed by atoms with Crippen LogP contribution in [0.25, 0.3) is 0 Å². The average Bonchev–Trinajstić information content (AvgIpc) is 2.63. The number of aliphatic imine (C=N–C) groups is 1. The zero-order valence-electron chi connectivity index (χ0n) is 15.9. The van der Waals surface area contributed by atoms with Crippen molar-refractivity contribution < 1.29 is 4.74 Å². The fourth-order valence-corrected chi connectivity index (χ4v) is 2.86. The van der Waals surface area contributed by atoms with Crippen LogP contribution in [0.2, 0.25) is 0 Å². The van der Waals surface area contributed by atoms with Gasteiger partial charge in [-0.15, -0.1) is 24.0 Å². The number of morpholine rings is 1. The maximum Gasteiger partial charge on any atom is 0.191 e. The molecule has 0 aromatic heterocycles. The summed E-state index contributed by atoms with van der Waals surface area (Å²) >= 11 is 0. The van der Waals surface area contributed by atoms with E-state index < -0.39 is 0 Å². The Morgan fingerprint density at radius 1 is 1.24 bits per heavy atom. The molecule has 5 nitrogen and oxygen atoms in total. The van der Waals surface area contributed by atoms with Crippen LogP contribution in [0.3, 0.4) is 0 Å². The van der Waals surface area contributed by atoms with E-state index in [1.54, 1.807) is 0 Å². The molecule has 0 amide bonds. The van der Waals surface area contributed by atoms with Gasteiger partial charge in [0.2, 0.25) is 0 Å². The molecule has 2 atom stereocenters. The monoisotopic (exact) mass is 460 g/mol. The average molecular weight is 460 g/mol. The fraction of sp³-hybridized carbons (Fsp3) is 0.632. The van der Waals surface area contributed by atoms with Crippen molar-refractivity contribution >= 4 is 29.9 Å². The standard InChI is InChI=1S/C19H32N4O.HI/c1-5-16(3)22-19(20-4)21-14-18(23-10-12-24-13-11-23)17-8-6-15(2)7-9-17;/h6-9,16,18H,5,10-14H2,1-4H3,(H2,20,21,22);1H. The van der Waals surface area contributed by atoms with Crippen LogP contribution in [0, 0.1) is 6.92 Å². The molecule has 0 bridgehead atoms. The summed E-state index contributed by atoms with van der Waals surface area (Å²) in [7, 11) is 1.83. The Labute approximate surface area is 169 Å². The maximum atomic E-state index is 5.52. The lowest BCUT2D eigenvalue weighted by Crippen LogP contribution is -2.47. The summed E-state index contributed by atoms with van der Waals surface area (Å²) < 4.78 is 5.52. The second-order valence-corrected chi connectivity index (χ2v) is 6.48. The first-order chi connectivity index (χ1) is 11.6. The first kappa shape index (κ1) is 22.2. The van der Waals surface area contributed by atoms with E-state index in [4.69, 9.17) is 4.74 Å². The van der Waals surface area contributed by atoms with E-state index in [-0.39, 0.29) is 24.0 Å². The highest BCUT2D eigenvalue weighted by atomic mass is 127. The van der Waals surface area contributed by atoms with Gasteiger partial charge in [-0.25, -0.2) is 0 Å². The Morgan fingerprint density at radius 2 is 1.88 bits per heavy atom. The van der Waals surface area contributed by atoms with E-state index in [9.17, 15) is 0 Å². The van der Waals surface area contributed by atoms with Crippen molar-refractivity contribution in [3.05, 3.63) is 35.4 Å². The molecule has 142 valence electrons. The van der Waals surface area contributed by atoms with Gasteiger partial charge in [-0.2, -0.15) is 0 Å². The minimum Gasteiger partial charge on any atom is -0.379 e. The SMILES string of the molecule is CCC(C)NC(=NC)NCC(c1ccc(C)cc1)N1CCOCC1.I. The summed E-state index contributed by atoms with van der Waals surface area (Å²) in [5.41, 5.74) is 2.63. The van der Waals surface area contributed by atoms with Crippen molar-refractivity contribution in [2.45, 2.75) is 39.3 Å². The van der Waals surface area contributed by atoms with Gasteiger partial charge in [0, 0.05) is 32.7 Å². The largest absolute Gasteiger partial charge is 0.379 e. The van der Waals surface area contributed by atoms with Crippen LogP contribution in [0.15, 0.2) is 29.3 Å².